The molecular formula is C25H26F3NO4. The quantitative estimate of drug-likeness (QED) is 0.238. The molecule has 5 nitrogen and oxygen atoms in total. The zero-order valence-electron chi connectivity index (χ0n) is 19.0. The molecule has 0 aliphatic heterocycles. The summed E-state index contributed by atoms with van der Waals surface area (Å²) >= 11 is 0. The second kappa shape index (κ2) is 10.0. The predicted octanol–water partition coefficient (Wildman–Crippen LogP) is 5.92. The van der Waals surface area contributed by atoms with Crippen molar-refractivity contribution >= 4 is 22.9 Å². The molecule has 3 aromatic rings. The standard InChI is InChI=1S/C25H26F3NO4/c1-5-31-23(24(30)32-6-2)14-18-9-7-8-17(12-18)13-20-16(3)29(4)22-11-10-19(15-21(20)22)33-25(26,27)28/h7-12,14-15H,5-6,13H2,1-4H3. The van der Waals surface area contributed by atoms with Crippen molar-refractivity contribution < 1.29 is 32.2 Å². The Kier molecular flexibility index (Phi) is 7.36. The molecule has 0 fully saturated rings. The van der Waals surface area contributed by atoms with Crippen molar-refractivity contribution in [2.45, 2.75) is 33.6 Å². The summed E-state index contributed by atoms with van der Waals surface area (Å²) in [5.41, 5.74) is 4.34. The second-order valence-electron chi connectivity index (χ2n) is 7.43. The van der Waals surface area contributed by atoms with E-state index in [1.54, 1.807) is 26.0 Å². The van der Waals surface area contributed by atoms with Crippen LogP contribution >= 0.6 is 0 Å². The zero-order valence-corrected chi connectivity index (χ0v) is 19.0. The molecule has 176 valence electrons. The van der Waals surface area contributed by atoms with E-state index in [0.717, 1.165) is 27.9 Å². The third-order valence-electron chi connectivity index (χ3n) is 5.23. The molecule has 2 aromatic carbocycles. The molecular weight excluding hydrogens is 435 g/mol. The van der Waals surface area contributed by atoms with Crippen LogP contribution in [0.3, 0.4) is 0 Å². The highest BCUT2D eigenvalue weighted by atomic mass is 19.4. The Bertz CT molecular complexity index is 1180. The molecule has 3 rings (SSSR count). The van der Waals surface area contributed by atoms with Gasteiger partial charge in [-0.2, -0.15) is 0 Å². The van der Waals surface area contributed by atoms with Gasteiger partial charge in [0.2, 0.25) is 5.76 Å². The van der Waals surface area contributed by atoms with E-state index >= 15 is 0 Å². The number of hydrogen-bond acceptors (Lipinski definition) is 4. The molecule has 8 heteroatoms. The number of alkyl halides is 3. The van der Waals surface area contributed by atoms with Crippen molar-refractivity contribution in [3.05, 3.63) is 70.6 Å². The van der Waals surface area contributed by atoms with Crippen LogP contribution in [0.5, 0.6) is 5.75 Å². The van der Waals surface area contributed by atoms with Crippen LogP contribution in [0.4, 0.5) is 13.2 Å². The first-order valence-electron chi connectivity index (χ1n) is 10.6. The van der Waals surface area contributed by atoms with Gasteiger partial charge in [-0.05, 0) is 68.2 Å². The van der Waals surface area contributed by atoms with Crippen LogP contribution in [0.1, 0.15) is 36.2 Å². The van der Waals surface area contributed by atoms with E-state index in [9.17, 15) is 18.0 Å². The Morgan fingerprint density at radius 3 is 2.45 bits per heavy atom. The number of aryl methyl sites for hydroxylation is 1. The number of carbonyl (C=O) groups is 1. The molecule has 0 bridgehead atoms. The summed E-state index contributed by atoms with van der Waals surface area (Å²) in [5.74, 6) is -0.673. The molecule has 0 aliphatic carbocycles. The van der Waals surface area contributed by atoms with E-state index in [1.807, 2.05) is 42.8 Å². The highest BCUT2D eigenvalue weighted by Gasteiger charge is 2.31. The molecule has 0 aliphatic rings. The van der Waals surface area contributed by atoms with Crippen LogP contribution in [0, 0.1) is 6.92 Å². The molecule has 0 atom stereocenters. The van der Waals surface area contributed by atoms with E-state index in [-0.39, 0.29) is 18.1 Å². The lowest BCUT2D eigenvalue weighted by molar-refractivity contribution is -0.274. The number of rotatable bonds is 8. The summed E-state index contributed by atoms with van der Waals surface area (Å²) in [4.78, 5) is 12.1. The molecule has 0 radical (unpaired) electrons. The highest BCUT2D eigenvalue weighted by Crippen LogP contribution is 2.32. The van der Waals surface area contributed by atoms with Crippen molar-refractivity contribution in [2.75, 3.05) is 13.2 Å². The molecule has 0 saturated carbocycles. The van der Waals surface area contributed by atoms with Gasteiger partial charge in [-0.1, -0.05) is 24.3 Å². The third-order valence-corrected chi connectivity index (χ3v) is 5.23. The number of nitrogens with zero attached hydrogens (tertiary/aromatic N) is 1. The minimum Gasteiger partial charge on any atom is -0.487 e. The van der Waals surface area contributed by atoms with Crippen LogP contribution in [-0.4, -0.2) is 30.1 Å². The highest BCUT2D eigenvalue weighted by molar-refractivity contribution is 5.91. The Labute approximate surface area is 190 Å². The molecule has 0 N–H and O–H groups in total. The maximum absolute atomic E-state index is 12.7. The summed E-state index contributed by atoms with van der Waals surface area (Å²) in [6.45, 7) is 5.99. The lowest BCUT2D eigenvalue weighted by atomic mass is 10.00. The Hall–Kier alpha value is -3.42. The van der Waals surface area contributed by atoms with Gasteiger partial charge in [0.1, 0.15) is 5.75 Å². The molecule has 0 spiro atoms. The number of esters is 1. The molecule has 0 saturated heterocycles. The maximum Gasteiger partial charge on any atom is 0.573 e. The molecule has 0 amide bonds. The van der Waals surface area contributed by atoms with Gasteiger partial charge in [0, 0.05) is 23.6 Å². The minimum absolute atomic E-state index is 0.117. The lowest BCUT2D eigenvalue weighted by Crippen LogP contribution is -2.17. The van der Waals surface area contributed by atoms with E-state index in [1.165, 1.54) is 12.1 Å². The van der Waals surface area contributed by atoms with Crippen molar-refractivity contribution in [3.63, 3.8) is 0 Å². The van der Waals surface area contributed by atoms with Crippen molar-refractivity contribution in [1.82, 2.24) is 4.57 Å². The van der Waals surface area contributed by atoms with E-state index < -0.39 is 12.3 Å². The normalized spacial score (nSPS) is 12.2. The van der Waals surface area contributed by atoms with Gasteiger partial charge in [0.05, 0.1) is 13.2 Å². The predicted molar refractivity (Wildman–Crippen MR) is 120 cm³/mol. The summed E-state index contributed by atoms with van der Waals surface area (Å²) in [5, 5.41) is 0.694. The minimum atomic E-state index is -4.75. The smallest absolute Gasteiger partial charge is 0.487 e. The first kappa shape index (κ1) is 24.2. The number of carbonyl (C=O) groups excluding carboxylic acids is 1. The van der Waals surface area contributed by atoms with Gasteiger partial charge in [-0.3, -0.25) is 0 Å². The average molecular weight is 461 g/mol. The van der Waals surface area contributed by atoms with E-state index in [0.29, 0.717) is 18.4 Å². The fraction of sp³-hybridized carbons (Fsp3) is 0.320. The molecule has 1 aromatic heterocycles. The van der Waals surface area contributed by atoms with Crippen LogP contribution in [0.15, 0.2) is 48.2 Å². The SMILES string of the molecule is CCOC(=O)C(=Cc1cccc(Cc2c(C)n(C)c3ccc(OC(F)(F)F)cc23)c1)OCC. The van der Waals surface area contributed by atoms with Gasteiger partial charge < -0.3 is 18.8 Å². The lowest BCUT2D eigenvalue weighted by Gasteiger charge is -2.10. The fourth-order valence-electron chi connectivity index (χ4n) is 3.71. The van der Waals surface area contributed by atoms with Gasteiger partial charge in [-0.25, -0.2) is 4.79 Å². The van der Waals surface area contributed by atoms with Gasteiger partial charge >= 0.3 is 12.3 Å². The summed E-state index contributed by atoms with van der Waals surface area (Å²) < 4.78 is 54.6. The van der Waals surface area contributed by atoms with Crippen LogP contribution in [0.2, 0.25) is 0 Å². The van der Waals surface area contributed by atoms with Crippen LogP contribution in [-0.2, 0) is 27.7 Å². The number of aromatic nitrogens is 1. The number of halogens is 3. The van der Waals surface area contributed by atoms with Gasteiger partial charge in [0.25, 0.3) is 0 Å². The van der Waals surface area contributed by atoms with Crippen molar-refractivity contribution in [1.29, 1.82) is 0 Å². The van der Waals surface area contributed by atoms with E-state index in [2.05, 4.69) is 4.74 Å². The Balaban J connectivity index is 1.97. The number of fused-ring (bicyclic) bond motifs is 1. The zero-order chi connectivity index (χ0) is 24.2. The van der Waals surface area contributed by atoms with E-state index in [4.69, 9.17) is 9.47 Å². The summed E-state index contributed by atoms with van der Waals surface area (Å²) in [6, 6.07) is 11.9. The first-order valence-corrected chi connectivity index (χ1v) is 10.6. The van der Waals surface area contributed by atoms with Gasteiger partial charge in [-0.15, -0.1) is 13.2 Å². The van der Waals surface area contributed by atoms with Crippen molar-refractivity contribution in [3.8, 4) is 5.75 Å². The third kappa shape index (κ3) is 5.88. The van der Waals surface area contributed by atoms with Crippen molar-refractivity contribution in [2.24, 2.45) is 7.05 Å². The summed E-state index contributed by atoms with van der Waals surface area (Å²) in [7, 11) is 1.87. The average Bonchev–Trinajstić information content (AvgIpc) is 2.97. The topological polar surface area (TPSA) is 49.7 Å². The van der Waals surface area contributed by atoms with Crippen LogP contribution < -0.4 is 4.74 Å². The maximum atomic E-state index is 12.7. The number of ether oxygens (including phenoxy) is 3. The molecule has 0 unspecified atom stereocenters. The van der Waals surface area contributed by atoms with Gasteiger partial charge in [0.15, 0.2) is 0 Å². The Morgan fingerprint density at radius 1 is 1.06 bits per heavy atom. The molecule has 33 heavy (non-hydrogen) atoms. The van der Waals surface area contributed by atoms with Crippen LogP contribution in [0.25, 0.3) is 17.0 Å². The number of hydrogen-bond donors (Lipinski definition) is 0. The second-order valence-corrected chi connectivity index (χ2v) is 7.43. The monoisotopic (exact) mass is 461 g/mol. The first-order chi connectivity index (χ1) is 15.6. The molecule has 1 heterocycles. The number of benzene rings is 2. The Morgan fingerprint density at radius 2 is 1.79 bits per heavy atom. The fourth-order valence-corrected chi connectivity index (χ4v) is 3.71. The summed E-state index contributed by atoms with van der Waals surface area (Å²) in [6.07, 6.45) is -2.64. The largest absolute Gasteiger partial charge is 0.573 e.